The second kappa shape index (κ2) is 7.38. The Hall–Kier alpha value is -0.660. The molecule has 0 aromatic heterocycles. The molecule has 1 aliphatic heterocycles. The number of sulfonamides is 1. The highest BCUT2D eigenvalue weighted by molar-refractivity contribution is 7.89. The summed E-state index contributed by atoms with van der Waals surface area (Å²) >= 11 is 0. The Kier molecular flexibility index (Phi) is 6.42. The van der Waals surface area contributed by atoms with Crippen LogP contribution in [0.2, 0.25) is 0 Å². The van der Waals surface area contributed by atoms with Gasteiger partial charge in [0, 0.05) is 26.2 Å². The van der Waals surface area contributed by atoms with Gasteiger partial charge in [0.15, 0.2) is 0 Å². The summed E-state index contributed by atoms with van der Waals surface area (Å²) in [4.78, 5) is 0.331. The van der Waals surface area contributed by atoms with E-state index < -0.39 is 10.0 Å². The molecule has 0 spiro atoms. The number of hydrogen-bond donors (Lipinski definition) is 1. The molecule has 1 aromatic carbocycles. The van der Waals surface area contributed by atoms with Gasteiger partial charge in [-0.25, -0.2) is 8.42 Å². The first-order valence-corrected chi connectivity index (χ1v) is 7.81. The second-order valence-corrected chi connectivity index (χ2v) is 6.76. The van der Waals surface area contributed by atoms with E-state index in [1.54, 1.807) is 25.3 Å². The Labute approximate surface area is 126 Å². The van der Waals surface area contributed by atoms with Crippen LogP contribution in [0.15, 0.2) is 29.2 Å². The van der Waals surface area contributed by atoms with Gasteiger partial charge in [-0.1, -0.05) is 12.1 Å². The van der Waals surface area contributed by atoms with Crippen molar-refractivity contribution < 1.29 is 13.2 Å². The van der Waals surface area contributed by atoms with Crippen molar-refractivity contribution in [1.82, 2.24) is 4.31 Å². The molecule has 0 saturated carbocycles. The maximum atomic E-state index is 12.5. The van der Waals surface area contributed by atoms with Gasteiger partial charge in [0.1, 0.15) is 0 Å². The number of nitrogens with zero attached hydrogens (tertiary/aromatic N) is 1. The molecule has 1 heterocycles. The summed E-state index contributed by atoms with van der Waals surface area (Å²) in [6, 6.07) is 7.02. The number of methoxy groups -OCH3 is 1. The smallest absolute Gasteiger partial charge is 0.243 e. The van der Waals surface area contributed by atoms with E-state index >= 15 is 0 Å². The molecule has 1 aliphatic rings. The Morgan fingerprint density at radius 2 is 2.00 bits per heavy atom. The minimum Gasteiger partial charge on any atom is -0.380 e. The van der Waals surface area contributed by atoms with Crippen LogP contribution in [0.25, 0.3) is 0 Å². The summed E-state index contributed by atoms with van der Waals surface area (Å²) in [7, 11) is -1.81. The second-order valence-electron chi connectivity index (χ2n) is 4.82. The third-order valence-corrected chi connectivity index (χ3v) is 5.24. The number of hydrogen-bond acceptors (Lipinski definition) is 4. The SMILES string of the molecule is COCc1cccc(S(=O)(=O)N2CCC(N)CC2)c1.Cl. The van der Waals surface area contributed by atoms with Gasteiger partial charge < -0.3 is 10.5 Å². The minimum atomic E-state index is -3.40. The standard InChI is InChI=1S/C13H20N2O3S.ClH/c1-18-10-11-3-2-4-13(9-11)19(16,17)15-7-5-12(14)6-8-15;/h2-4,9,12H,5-8,10,14H2,1H3;1H. The summed E-state index contributed by atoms with van der Waals surface area (Å²) in [5.41, 5.74) is 6.66. The first kappa shape index (κ1) is 17.4. The quantitative estimate of drug-likeness (QED) is 0.909. The van der Waals surface area contributed by atoms with Crippen LogP contribution in [-0.4, -0.2) is 39.0 Å². The van der Waals surface area contributed by atoms with Gasteiger partial charge in [-0.2, -0.15) is 4.31 Å². The van der Waals surface area contributed by atoms with Gasteiger partial charge in [0.05, 0.1) is 11.5 Å². The van der Waals surface area contributed by atoms with Crippen LogP contribution in [0.1, 0.15) is 18.4 Å². The van der Waals surface area contributed by atoms with Crippen molar-refractivity contribution in [2.45, 2.75) is 30.4 Å². The molecular weight excluding hydrogens is 300 g/mol. The highest BCUT2D eigenvalue weighted by Crippen LogP contribution is 2.21. The fourth-order valence-electron chi connectivity index (χ4n) is 2.23. The monoisotopic (exact) mass is 320 g/mol. The topological polar surface area (TPSA) is 72.6 Å². The summed E-state index contributed by atoms with van der Waals surface area (Å²) in [5, 5.41) is 0. The van der Waals surface area contributed by atoms with Crippen LogP contribution in [0.3, 0.4) is 0 Å². The molecule has 1 aromatic rings. The molecular formula is C13H21ClN2O3S. The lowest BCUT2D eigenvalue weighted by atomic mass is 10.1. The Morgan fingerprint density at radius 1 is 1.35 bits per heavy atom. The molecule has 1 saturated heterocycles. The first-order valence-electron chi connectivity index (χ1n) is 6.37. The Balaban J connectivity index is 0.00000200. The molecule has 0 radical (unpaired) electrons. The van der Waals surface area contributed by atoms with Crippen molar-refractivity contribution in [1.29, 1.82) is 0 Å². The van der Waals surface area contributed by atoms with Crippen LogP contribution in [0.4, 0.5) is 0 Å². The number of ether oxygens (including phenoxy) is 1. The number of rotatable bonds is 4. The van der Waals surface area contributed by atoms with E-state index in [1.165, 1.54) is 4.31 Å². The average Bonchev–Trinajstić information content (AvgIpc) is 2.40. The summed E-state index contributed by atoms with van der Waals surface area (Å²) < 4.78 is 31.5. The normalized spacial score (nSPS) is 17.7. The van der Waals surface area contributed by atoms with E-state index in [9.17, 15) is 8.42 Å². The molecule has 5 nitrogen and oxygen atoms in total. The summed E-state index contributed by atoms with van der Waals surface area (Å²) in [6.07, 6.45) is 1.44. The molecule has 7 heteroatoms. The van der Waals surface area contributed by atoms with Gasteiger partial charge >= 0.3 is 0 Å². The predicted octanol–water partition coefficient (Wildman–Crippen LogP) is 1.37. The van der Waals surface area contributed by atoms with Crippen molar-refractivity contribution in [3.05, 3.63) is 29.8 Å². The zero-order valence-electron chi connectivity index (χ0n) is 11.5. The molecule has 20 heavy (non-hydrogen) atoms. The molecule has 0 bridgehead atoms. The number of nitrogens with two attached hydrogens (primary N) is 1. The Morgan fingerprint density at radius 3 is 2.60 bits per heavy atom. The van der Waals surface area contributed by atoms with Crippen LogP contribution in [0, 0.1) is 0 Å². The van der Waals surface area contributed by atoms with Crippen LogP contribution < -0.4 is 5.73 Å². The highest BCUT2D eigenvalue weighted by atomic mass is 35.5. The van der Waals surface area contributed by atoms with Crippen molar-refractivity contribution in [3.8, 4) is 0 Å². The van der Waals surface area contributed by atoms with Gasteiger partial charge in [0.2, 0.25) is 10.0 Å². The lowest BCUT2D eigenvalue weighted by Gasteiger charge is -2.29. The number of halogens is 1. The third-order valence-electron chi connectivity index (χ3n) is 3.35. The number of piperidine rings is 1. The molecule has 0 unspecified atom stereocenters. The Bertz CT molecular complexity index is 528. The zero-order valence-corrected chi connectivity index (χ0v) is 13.1. The van der Waals surface area contributed by atoms with E-state index in [2.05, 4.69) is 0 Å². The lowest BCUT2D eigenvalue weighted by Crippen LogP contribution is -2.42. The van der Waals surface area contributed by atoms with Crippen LogP contribution >= 0.6 is 12.4 Å². The number of benzene rings is 1. The molecule has 2 N–H and O–H groups in total. The predicted molar refractivity (Wildman–Crippen MR) is 80.4 cm³/mol. The molecule has 1 fully saturated rings. The van der Waals surface area contributed by atoms with Gasteiger partial charge in [0.25, 0.3) is 0 Å². The maximum absolute atomic E-state index is 12.5. The van der Waals surface area contributed by atoms with E-state index in [0.29, 0.717) is 24.6 Å². The summed E-state index contributed by atoms with van der Waals surface area (Å²) in [5.74, 6) is 0. The molecule has 0 amide bonds. The highest BCUT2D eigenvalue weighted by Gasteiger charge is 2.28. The van der Waals surface area contributed by atoms with E-state index in [4.69, 9.17) is 10.5 Å². The van der Waals surface area contributed by atoms with Crippen molar-refractivity contribution >= 4 is 22.4 Å². The van der Waals surface area contributed by atoms with E-state index in [1.807, 2.05) is 6.07 Å². The fourth-order valence-corrected chi connectivity index (χ4v) is 3.77. The van der Waals surface area contributed by atoms with Gasteiger partial charge in [-0.15, -0.1) is 12.4 Å². The van der Waals surface area contributed by atoms with Crippen LogP contribution in [-0.2, 0) is 21.4 Å². The van der Waals surface area contributed by atoms with Gasteiger partial charge in [-0.05, 0) is 30.5 Å². The average molecular weight is 321 g/mol. The largest absolute Gasteiger partial charge is 0.380 e. The lowest BCUT2D eigenvalue weighted by molar-refractivity contribution is 0.184. The zero-order chi connectivity index (χ0) is 13.9. The molecule has 114 valence electrons. The van der Waals surface area contributed by atoms with Crippen molar-refractivity contribution in [2.75, 3.05) is 20.2 Å². The van der Waals surface area contributed by atoms with Crippen molar-refractivity contribution in [3.63, 3.8) is 0 Å². The maximum Gasteiger partial charge on any atom is 0.243 e. The molecule has 0 atom stereocenters. The van der Waals surface area contributed by atoms with Crippen molar-refractivity contribution in [2.24, 2.45) is 5.73 Å². The first-order chi connectivity index (χ1) is 9.04. The minimum absolute atomic E-state index is 0. The summed E-state index contributed by atoms with van der Waals surface area (Å²) in [6.45, 7) is 1.41. The molecule has 2 rings (SSSR count). The van der Waals surface area contributed by atoms with E-state index in [-0.39, 0.29) is 18.4 Å². The van der Waals surface area contributed by atoms with Crippen LogP contribution in [0.5, 0.6) is 0 Å². The van der Waals surface area contributed by atoms with E-state index in [0.717, 1.165) is 18.4 Å². The fraction of sp³-hybridized carbons (Fsp3) is 0.538. The third kappa shape index (κ3) is 3.93. The van der Waals surface area contributed by atoms with Gasteiger partial charge in [-0.3, -0.25) is 0 Å². The molecule has 0 aliphatic carbocycles.